The molecule has 1 heterocycles. The van der Waals surface area contributed by atoms with Crippen LogP contribution in [0.3, 0.4) is 0 Å². The number of hydrogen-bond donors (Lipinski definition) is 2. The third-order valence-electron chi connectivity index (χ3n) is 5.88. The van der Waals surface area contributed by atoms with Crippen LogP contribution in [-0.2, 0) is 9.59 Å². The lowest BCUT2D eigenvalue weighted by atomic mass is 9.60. The molecule has 0 radical (unpaired) electrons. The summed E-state index contributed by atoms with van der Waals surface area (Å²) in [4.78, 5) is 25.8. The van der Waals surface area contributed by atoms with Crippen molar-refractivity contribution in [3.63, 3.8) is 0 Å². The molecule has 1 amide bonds. The molecule has 0 aromatic rings. The summed E-state index contributed by atoms with van der Waals surface area (Å²) >= 11 is 0. The predicted molar refractivity (Wildman–Crippen MR) is 80.6 cm³/mol. The molecule has 3 unspecified atom stereocenters. The highest BCUT2D eigenvalue weighted by Gasteiger charge is 2.46. The van der Waals surface area contributed by atoms with E-state index in [1.54, 1.807) is 4.90 Å². The Kier molecular flexibility index (Phi) is 4.61. The summed E-state index contributed by atoms with van der Waals surface area (Å²) in [6.45, 7) is 7.42. The van der Waals surface area contributed by atoms with Crippen LogP contribution < -0.4 is 5.73 Å². The van der Waals surface area contributed by atoms with Crippen molar-refractivity contribution in [2.24, 2.45) is 28.9 Å². The minimum absolute atomic E-state index is 0.0418. The van der Waals surface area contributed by atoms with Gasteiger partial charge < -0.3 is 15.7 Å². The number of nitrogens with zero attached hydrogens (tertiary/aromatic N) is 1. The van der Waals surface area contributed by atoms with Crippen LogP contribution in [0, 0.1) is 23.2 Å². The van der Waals surface area contributed by atoms with Crippen molar-refractivity contribution < 1.29 is 14.7 Å². The van der Waals surface area contributed by atoms with E-state index in [4.69, 9.17) is 5.73 Å². The minimum Gasteiger partial charge on any atom is -0.481 e. The fraction of sp³-hybridized carbons (Fsp3) is 0.875. The van der Waals surface area contributed by atoms with Crippen LogP contribution in [0.15, 0.2) is 0 Å². The van der Waals surface area contributed by atoms with E-state index < -0.39 is 11.9 Å². The van der Waals surface area contributed by atoms with Gasteiger partial charge in [-0.1, -0.05) is 20.8 Å². The first-order chi connectivity index (χ1) is 9.75. The van der Waals surface area contributed by atoms with Gasteiger partial charge >= 0.3 is 5.97 Å². The summed E-state index contributed by atoms with van der Waals surface area (Å²) in [5, 5.41) is 9.17. The molecule has 5 heteroatoms. The van der Waals surface area contributed by atoms with Crippen LogP contribution in [0.1, 0.15) is 46.5 Å². The highest BCUT2D eigenvalue weighted by Crippen LogP contribution is 2.45. The van der Waals surface area contributed by atoms with E-state index in [-0.39, 0.29) is 23.3 Å². The third kappa shape index (κ3) is 3.07. The smallest absolute Gasteiger partial charge is 0.308 e. The summed E-state index contributed by atoms with van der Waals surface area (Å²) < 4.78 is 0. The molecule has 0 aromatic carbocycles. The van der Waals surface area contributed by atoms with Gasteiger partial charge in [-0.2, -0.15) is 0 Å². The molecule has 1 saturated heterocycles. The van der Waals surface area contributed by atoms with Gasteiger partial charge in [0.1, 0.15) is 0 Å². The van der Waals surface area contributed by atoms with Gasteiger partial charge in [-0.3, -0.25) is 9.59 Å². The first kappa shape index (κ1) is 16.3. The van der Waals surface area contributed by atoms with E-state index in [0.29, 0.717) is 25.4 Å². The SMILES string of the molecule is CC1C(N)CCC(C(=O)N2CCC[C@@H](C(=O)O)C2)C1(C)C. The van der Waals surface area contributed by atoms with Crippen LogP contribution in [0.25, 0.3) is 0 Å². The molecule has 3 N–H and O–H groups in total. The topological polar surface area (TPSA) is 83.6 Å². The van der Waals surface area contributed by atoms with E-state index >= 15 is 0 Å². The Hall–Kier alpha value is -1.10. The van der Waals surface area contributed by atoms with Crippen LogP contribution in [0.4, 0.5) is 0 Å². The number of carboxylic acid groups (broad SMARTS) is 1. The molecule has 21 heavy (non-hydrogen) atoms. The Morgan fingerprint density at radius 2 is 1.90 bits per heavy atom. The fourth-order valence-electron chi connectivity index (χ4n) is 3.89. The zero-order chi connectivity index (χ0) is 15.8. The Morgan fingerprint density at radius 3 is 2.52 bits per heavy atom. The van der Waals surface area contributed by atoms with Gasteiger partial charge in [0.05, 0.1) is 5.92 Å². The standard InChI is InChI=1S/C16H28N2O3/c1-10-13(17)7-6-12(16(10,2)3)14(19)18-8-4-5-11(9-18)15(20)21/h10-13H,4-9,17H2,1-3H3,(H,20,21)/t10?,11-,12?,13?/m1/s1. The van der Waals surface area contributed by atoms with Crippen molar-refractivity contribution in [3.05, 3.63) is 0 Å². The lowest BCUT2D eigenvalue weighted by Gasteiger charge is -2.48. The molecule has 2 rings (SSSR count). The third-order valence-corrected chi connectivity index (χ3v) is 5.88. The Balaban J connectivity index is 2.10. The van der Waals surface area contributed by atoms with Crippen LogP contribution >= 0.6 is 0 Å². The van der Waals surface area contributed by atoms with E-state index in [1.165, 1.54) is 0 Å². The normalized spacial score (nSPS) is 36.3. The van der Waals surface area contributed by atoms with Crippen molar-refractivity contribution >= 4 is 11.9 Å². The van der Waals surface area contributed by atoms with Gasteiger partial charge in [-0.25, -0.2) is 0 Å². The maximum atomic E-state index is 12.9. The summed E-state index contributed by atoms with van der Waals surface area (Å²) in [5.74, 6) is -0.815. The number of amides is 1. The molecule has 2 aliphatic rings. The molecule has 1 aliphatic heterocycles. The molecule has 0 bridgehead atoms. The second-order valence-corrected chi connectivity index (χ2v) is 7.37. The summed E-state index contributed by atoms with van der Waals surface area (Å²) in [6.07, 6.45) is 3.14. The van der Waals surface area contributed by atoms with Gasteiger partial charge in [-0.15, -0.1) is 0 Å². The van der Waals surface area contributed by atoms with Crippen LogP contribution in [0.2, 0.25) is 0 Å². The number of nitrogens with two attached hydrogens (primary N) is 1. The molecule has 2 fully saturated rings. The molecule has 1 aliphatic carbocycles. The predicted octanol–water partition coefficient (Wildman–Crippen LogP) is 1.71. The molecule has 0 spiro atoms. The number of carbonyl (C=O) groups is 2. The number of carbonyl (C=O) groups excluding carboxylic acids is 1. The van der Waals surface area contributed by atoms with E-state index in [0.717, 1.165) is 19.3 Å². The van der Waals surface area contributed by atoms with Crippen molar-refractivity contribution in [3.8, 4) is 0 Å². The molecular weight excluding hydrogens is 268 g/mol. The zero-order valence-electron chi connectivity index (χ0n) is 13.3. The van der Waals surface area contributed by atoms with E-state index in [9.17, 15) is 14.7 Å². The zero-order valence-corrected chi connectivity index (χ0v) is 13.3. The average molecular weight is 296 g/mol. The van der Waals surface area contributed by atoms with Crippen LogP contribution in [0.5, 0.6) is 0 Å². The van der Waals surface area contributed by atoms with Crippen molar-refractivity contribution in [2.75, 3.05) is 13.1 Å². The van der Waals surface area contributed by atoms with Gasteiger partial charge in [0.25, 0.3) is 0 Å². The van der Waals surface area contributed by atoms with Gasteiger partial charge in [-0.05, 0) is 37.0 Å². The molecule has 5 nitrogen and oxygen atoms in total. The van der Waals surface area contributed by atoms with Crippen molar-refractivity contribution in [2.45, 2.75) is 52.5 Å². The van der Waals surface area contributed by atoms with Crippen molar-refractivity contribution in [1.29, 1.82) is 0 Å². The average Bonchev–Trinajstić information content (AvgIpc) is 2.44. The Labute approximate surface area is 126 Å². The number of carboxylic acids is 1. The monoisotopic (exact) mass is 296 g/mol. The summed E-state index contributed by atoms with van der Waals surface area (Å²) in [5.41, 5.74) is 6.02. The quantitative estimate of drug-likeness (QED) is 0.812. The van der Waals surface area contributed by atoms with Crippen molar-refractivity contribution in [1.82, 2.24) is 4.90 Å². The van der Waals surface area contributed by atoms with E-state index in [1.807, 2.05) is 0 Å². The lowest BCUT2D eigenvalue weighted by molar-refractivity contribution is -0.150. The maximum absolute atomic E-state index is 12.9. The second kappa shape index (κ2) is 5.95. The molecular formula is C16H28N2O3. The number of rotatable bonds is 2. The highest BCUT2D eigenvalue weighted by molar-refractivity contribution is 5.81. The summed E-state index contributed by atoms with van der Waals surface area (Å²) in [7, 11) is 0. The second-order valence-electron chi connectivity index (χ2n) is 7.37. The molecule has 1 saturated carbocycles. The highest BCUT2D eigenvalue weighted by atomic mass is 16.4. The molecule has 0 aromatic heterocycles. The van der Waals surface area contributed by atoms with Crippen LogP contribution in [-0.4, -0.2) is 41.0 Å². The first-order valence-corrected chi connectivity index (χ1v) is 8.02. The number of likely N-dealkylation sites (tertiary alicyclic amines) is 1. The Morgan fingerprint density at radius 1 is 1.24 bits per heavy atom. The van der Waals surface area contributed by atoms with Gasteiger partial charge in [0.2, 0.25) is 5.91 Å². The molecule has 4 atom stereocenters. The lowest BCUT2D eigenvalue weighted by Crippen LogP contribution is -2.54. The number of hydrogen-bond acceptors (Lipinski definition) is 3. The van der Waals surface area contributed by atoms with Gasteiger partial charge in [0, 0.05) is 25.0 Å². The maximum Gasteiger partial charge on any atom is 0.308 e. The van der Waals surface area contributed by atoms with E-state index in [2.05, 4.69) is 20.8 Å². The fourth-order valence-corrected chi connectivity index (χ4v) is 3.89. The number of piperidine rings is 1. The first-order valence-electron chi connectivity index (χ1n) is 8.02. The largest absolute Gasteiger partial charge is 0.481 e. The van der Waals surface area contributed by atoms with Gasteiger partial charge in [0.15, 0.2) is 0 Å². The number of aliphatic carboxylic acids is 1. The Bertz CT molecular complexity index is 422. The minimum atomic E-state index is -0.786. The molecule has 120 valence electrons. The summed E-state index contributed by atoms with van der Waals surface area (Å²) in [6, 6.07) is 0.150.